The Bertz CT molecular complexity index is 1050. The molecule has 3 fully saturated rings. The Morgan fingerprint density at radius 3 is 2.20 bits per heavy atom. The van der Waals surface area contributed by atoms with Crippen molar-refractivity contribution in [1.29, 1.82) is 0 Å². The van der Waals surface area contributed by atoms with Crippen LogP contribution in [0.25, 0.3) is 0 Å². The molecule has 0 aromatic carbocycles. The molecule has 4 aliphatic rings. The van der Waals surface area contributed by atoms with Gasteiger partial charge in [-0.2, -0.15) is 0 Å². The van der Waals surface area contributed by atoms with E-state index in [4.69, 9.17) is 0 Å². The van der Waals surface area contributed by atoms with Gasteiger partial charge in [0.2, 0.25) is 0 Å². The van der Waals surface area contributed by atoms with Crippen molar-refractivity contribution in [1.82, 2.24) is 0 Å². The van der Waals surface area contributed by atoms with Crippen molar-refractivity contribution in [2.75, 3.05) is 5.75 Å². The highest BCUT2D eigenvalue weighted by Crippen LogP contribution is 2.64. The lowest BCUT2D eigenvalue weighted by Gasteiger charge is -2.57. The number of fused-ring (bicyclic) bond motifs is 5. The highest BCUT2D eigenvalue weighted by molar-refractivity contribution is 7.94. The number of carbonyl (C=O) groups excluding carboxylic acids is 1. The van der Waals surface area contributed by atoms with Crippen molar-refractivity contribution in [3.05, 3.63) is 28.9 Å². The van der Waals surface area contributed by atoms with Crippen LogP contribution in [0.2, 0.25) is 0 Å². The van der Waals surface area contributed by atoms with E-state index in [1.807, 2.05) is 6.08 Å². The lowest BCUT2D eigenvalue weighted by Crippen LogP contribution is -2.50. The van der Waals surface area contributed by atoms with Gasteiger partial charge in [-0.15, -0.1) is 5.73 Å². The second-order valence-corrected chi connectivity index (χ2v) is 16.3. The van der Waals surface area contributed by atoms with Crippen molar-refractivity contribution in [3.8, 4) is 0 Å². The fourth-order valence-corrected chi connectivity index (χ4v) is 10.5. The first-order valence-corrected chi connectivity index (χ1v) is 18.8. The van der Waals surface area contributed by atoms with Crippen LogP contribution in [0.5, 0.6) is 0 Å². The number of unbranched alkanes of at least 4 members (excludes halogenated alkanes) is 11. The first-order valence-electron chi connectivity index (χ1n) is 17.1. The minimum absolute atomic E-state index is 0.0821. The number of allylic oxidation sites excluding steroid dienone is 3. The third-order valence-corrected chi connectivity index (χ3v) is 13.1. The van der Waals surface area contributed by atoms with Crippen LogP contribution in [0, 0.1) is 34.5 Å². The van der Waals surface area contributed by atoms with Gasteiger partial charge in [-0.1, -0.05) is 96.6 Å². The molecule has 226 valence electrons. The molecule has 4 aliphatic carbocycles. The van der Waals surface area contributed by atoms with E-state index in [0.717, 1.165) is 64.2 Å². The van der Waals surface area contributed by atoms with E-state index in [-0.39, 0.29) is 22.5 Å². The SMILES string of the molecule is CCCCCCCCCCCCCC=C=CS(=O)(=O)C[C@H]1CC[C@@]2(C)C(=CC[C@@H]3[C@@H]2CC[C@]2(C)C(=O)CC[C@@H]32)C1. The molecule has 0 bridgehead atoms. The summed E-state index contributed by atoms with van der Waals surface area (Å²) in [4.78, 5) is 12.7. The molecule has 3 saturated carbocycles. The molecule has 0 amide bonds. The van der Waals surface area contributed by atoms with Gasteiger partial charge in [0.25, 0.3) is 0 Å². The number of Topliss-reactive ketones (excluding diaryl/α,β-unsaturated/α-hetero) is 1. The van der Waals surface area contributed by atoms with Crippen molar-refractivity contribution in [2.45, 2.75) is 149 Å². The van der Waals surface area contributed by atoms with Crippen LogP contribution >= 0.6 is 0 Å². The maximum atomic E-state index is 12.9. The van der Waals surface area contributed by atoms with E-state index in [2.05, 4.69) is 32.6 Å². The maximum absolute atomic E-state index is 12.9. The summed E-state index contributed by atoms with van der Waals surface area (Å²) in [5.41, 5.74) is 4.63. The zero-order valence-electron chi connectivity index (χ0n) is 26.0. The third kappa shape index (κ3) is 7.63. The van der Waals surface area contributed by atoms with Crippen LogP contribution in [0.15, 0.2) is 28.9 Å². The van der Waals surface area contributed by atoms with Crippen LogP contribution in [0.3, 0.4) is 0 Å². The van der Waals surface area contributed by atoms with Crippen molar-refractivity contribution < 1.29 is 13.2 Å². The molecule has 0 aliphatic heterocycles. The van der Waals surface area contributed by atoms with Gasteiger partial charge in [-0.05, 0) is 93.0 Å². The Kier molecular flexibility index (Phi) is 11.4. The van der Waals surface area contributed by atoms with Gasteiger partial charge in [0.15, 0.2) is 9.84 Å². The molecule has 0 aromatic rings. The second-order valence-electron chi connectivity index (χ2n) is 14.4. The second kappa shape index (κ2) is 14.4. The Morgan fingerprint density at radius 1 is 0.875 bits per heavy atom. The summed E-state index contributed by atoms with van der Waals surface area (Å²) >= 11 is 0. The fraction of sp³-hybridized carbons (Fsp3) is 0.833. The average Bonchev–Trinajstić information content (AvgIpc) is 3.23. The van der Waals surface area contributed by atoms with E-state index >= 15 is 0 Å². The summed E-state index contributed by atoms with van der Waals surface area (Å²) in [6.45, 7) is 6.97. The molecule has 4 heteroatoms. The predicted octanol–water partition coefficient (Wildman–Crippen LogP) is 9.92. The van der Waals surface area contributed by atoms with E-state index in [1.54, 1.807) is 0 Å². The smallest absolute Gasteiger partial charge is 0.179 e. The minimum atomic E-state index is -3.24. The monoisotopic (exact) mass is 570 g/mol. The molecule has 0 N–H and O–H groups in total. The molecule has 6 atom stereocenters. The summed E-state index contributed by atoms with van der Waals surface area (Å²) in [7, 11) is -3.24. The van der Waals surface area contributed by atoms with Gasteiger partial charge >= 0.3 is 0 Å². The molecule has 0 spiro atoms. The number of carbonyl (C=O) groups is 1. The van der Waals surface area contributed by atoms with Crippen LogP contribution in [-0.4, -0.2) is 20.0 Å². The Hall–Kier alpha value is -1.12. The lowest BCUT2D eigenvalue weighted by molar-refractivity contribution is -0.131. The molecular weight excluding hydrogens is 512 g/mol. The van der Waals surface area contributed by atoms with Gasteiger partial charge in [0.1, 0.15) is 5.78 Å². The zero-order valence-corrected chi connectivity index (χ0v) is 26.8. The number of hydrogen-bond donors (Lipinski definition) is 0. The van der Waals surface area contributed by atoms with Crippen LogP contribution in [-0.2, 0) is 14.6 Å². The van der Waals surface area contributed by atoms with E-state index < -0.39 is 9.84 Å². The molecule has 0 saturated heterocycles. The Balaban J connectivity index is 1.17. The quantitative estimate of drug-likeness (QED) is 0.112. The molecule has 40 heavy (non-hydrogen) atoms. The molecule has 0 aromatic heterocycles. The van der Waals surface area contributed by atoms with E-state index in [9.17, 15) is 13.2 Å². The molecule has 0 unspecified atom stereocenters. The predicted molar refractivity (Wildman–Crippen MR) is 168 cm³/mol. The molecule has 3 nitrogen and oxygen atoms in total. The van der Waals surface area contributed by atoms with E-state index in [0.29, 0.717) is 23.5 Å². The highest BCUT2D eigenvalue weighted by atomic mass is 32.2. The number of hydrogen-bond acceptors (Lipinski definition) is 3. The van der Waals surface area contributed by atoms with Gasteiger partial charge in [-0.25, -0.2) is 8.42 Å². The average molecular weight is 571 g/mol. The first-order chi connectivity index (χ1) is 19.2. The topological polar surface area (TPSA) is 51.2 Å². The van der Waals surface area contributed by atoms with Crippen LogP contribution in [0.1, 0.15) is 149 Å². The Morgan fingerprint density at radius 2 is 1.50 bits per heavy atom. The van der Waals surface area contributed by atoms with Gasteiger partial charge < -0.3 is 0 Å². The van der Waals surface area contributed by atoms with Gasteiger partial charge in [-0.3, -0.25) is 4.79 Å². The van der Waals surface area contributed by atoms with Crippen molar-refractivity contribution >= 4 is 15.6 Å². The Labute approximate surface area is 246 Å². The van der Waals surface area contributed by atoms with Crippen molar-refractivity contribution in [3.63, 3.8) is 0 Å². The summed E-state index contributed by atoms with van der Waals surface area (Å²) < 4.78 is 25.8. The standard InChI is InChI=1S/C36H58O3S/c1-4-5-6-7-8-9-10-11-12-13-14-15-16-17-26-40(38,39)28-29-22-24-35(2)30(27-29)18-19-31-32-20-21-34(37)36(32,3)25-23-33(31)35/h16,18,26,29,31-33H,4-15,19-25,27-28H2,1-3H3/t17?,29-,31-,32-,33-,35-,36-/m0/s1. The molecule has 0 heterocycles. The molecule has 4 rings (SSSR count). The third-order valence-electron chi connectivity index (χ3n) is 11.7. The fourth-order valence-electron chi connectivity index (χ4n) is 9.17. The van der Waals surface area contributed by atoms with Crippen LogP contribution in [0.4, 0.5) is 0 Å². The summed E-state index contributed by atoms with van der Waals surface area (Å²) in [5, 5.41) is 1.35. The molecule has 0 radical (unpaired) electrons. The van der Waals surface area contributed by atoms with Crippen molar-refractivity contribution in [2.24, 2.45) is 34.5 Å². The molecular formula is C36H58O3S. The minimum Gasteiger partial charge on any atom is -0.299 e. The summed E-state index contributed by atoms with van der Waals surface area (Å²) in [6, 6.07) is 0. The largest absolute Gasteiger partial charge is 0.299 e. The van der Waals surface area contributed by atoms with Gasteiger partial charge in [0, 0.05) is 11.8 Å². The lowest BCUT2D eigenvalue weighted by atomic mass is 9.47. The van der Waals surface area contributed by atoms with E-state index in [1.165, 1.54) is 75.2 Å². The normalized spacial score (nSPS) is 33.4. The maximum Gasteiger partial charge on any atom is 0.179 e. The van der Waals surface area contributed by atoms with Gasteiger partial charge in [0.05, 0.1) is 11.2 Å². The zero-order chi connectivity index (χ0) is 28.6. The highest BCUT2D eigenvalue weighted by Gasteiger charge is 2.58. The number of rotatable bonds is 15. The number of ketones is 1. The van der Waals surface area contributed by atoms with Crippen LogP contribution < -0.4 is 0 Å². The summed E-state index contributed by atoms with van der Waals surface area (Å²) in [6.07, 6.45) is 28.1. The number of sulfone groups is 1. The summed E-state index contributed by atoms with van der Waals surface area (Å²) in [5.74, 6) is 2.81. The first kappa shape index (κ1) is 31.8.